The van der Waals surface area contributed by atoms with Crippen molar-refractivity contribution in [2.45, 2.75) is 20.4 Å². The number of anilines is 1. The molecule has 0 aliphatic rings. The highest BCUT2D eigenvalue weighted by Gasteiger charge is 2.05. The molecule has 0 amide bonds. The van der Waals surface area contributed by atoms with Crippen LogP contribution in [0.4, 0.5) is 5.69 Å². The van der Waals surface area contributed by atoms with E-state index in [2.05, 4.69) is 21.2 Å². The molecule has 0 radical (unpaired) electrons. The molecule has 0 aliphatic heterocycles. The van der Waals surface area contributed by atoms with E-state index in [9.17, 15) is 5.11 Å². The van der Waals surface area contributed by atoms with Crippen molar-refractivity contribution in [3.63, 3.8) is 0 Å². The van der Waals surface area contributed by atoms with E-state index < -0.39 is 0 Å². The number of benzene rings is 2. The van der Waals surface area contributed by atoms with Gasteiger partial charge in [0.15, 0.2) is 0 Å². The van der Waals surface area contributed by atoms with E-state index in [0.717, 1.165) is 31.9 Å². The lowest BCUT2D eigenvalue weighted by molar-refractivity contribution is 0.471. The third-order valence-corrected chi connectivity index (χ3v) is 4.03. The van der Waals surface area contributed by atoms with Gasteiger partial charge in [-0.15, -0.1) is 0 Å². The van der Waals surface area contributed by atoms with Gasteiger partial charge in [0.2, 0.25) is 0 Å². The topological polar surface area (TPSA) is 32.3 Å². The van der Waals surface area contributed by atoms with E-state index in [4.69, 9.17) is 11.6 Å². The lowest BCUT2D eigenvalue weighted by Gasteiger charge is -2.13. The lowest BCUT2D eigenvalue weighted by Crippen LogP contribution is -2.02. The summed E-state index contributed by atoms with van der Waals surface area (Å²) in [7, 11) is 0. The molecule has 2 aromatic rings. The Morgan fingerprint density at radius 2 is 1.89 bits per heavy atom. The van der Waals surface area contributed by atoms with Crippen molar-refractivity contribution < 1.29 is 5.11 Å². The van der Waals surface area contributed by atoms with Crippen LogP contribution in [0.3, 0.4) is 0 Å². The van der Waals surface area contributed by atoms with E-state index in [-0.39, 0.29) is 0 Å². The molecule has 2 rings (SSSR count). The van der Waals surface area contributed by atoms with Crippen molar-refractivity contribution in [2.24, 2.45) is 0 Å². The number of phenolic OH excluding ortho intramolecular Hbond substituents is 1. The number of nitrogens with one attached hydrogen (secondary N) is 1. The fourth-order valence-corrected chi connectivity index (χ4v) is 2.44. The van der Waals surface area contributed by atoms with Crippen LogP contribution in [0, 0.1) is 13.8 Å². The SMILES string of the molecule is Cc1cc(NCc2cc(Cl)ccc2Br)c(C)cc1O. The minimum atomic E-state index is 0.326. The molecule has 0 saturated heterocycles. The maximum absolute atomic E-state index is 9.64. The number of hydrogen-bond donors (Lipinski definition) is 2. The van der Waals surface area contributed by atoms with E-state index in [0.29, 0.717) is 12.3 Å². The van der Waals surface area contributed by atoms with Crippen molar-refractivity contribution >= 4 is 33.2 Å². The second-order valence-corrected chi connectivity index (χ2v) is 5.83. The Balaban J connectivity index is 2.19. The van der Waals surface area contributed by atoms with Crippen LogP contribution < -0.4 is 5.32 Å². The molecule has 0 aromatic heterocycles. The Hall–Kier alpha value is -1.19. The molecule has 2 aromatic carbocycles. The molecule has 0 heterocycles. The molecule has 0 atom stereocenters. The fraction of sp³-hybridized carbons (Fsp3) is 0.200. The Bertz CT molecular complexity index is 613. The van der Waals surface area contributed by atoms with Crippen LogP contribution in [0.1, 0.15) is 16.7 Å². The molecular formula is C15H15BrClNO. The predicted octanol–water partition coefficient (Wildman–Crippen LogP) is 5.04. The van der Waals surface area contributed by atoms with Crippen molar-refractivity contribution in [1.82, 2.24) is 0 Å². The average molecular weight is 341 g/mol. The second kappa shape index (κ2) is 5.85. The fourth-order valence-electron chi connectivity index (χ4n) is 1.86. The smallest absolute Gasteiger partial charge is 0.118 e. The number of aryl methyl sites for hydroxylation is 2. The summed E-state index contributed by atoms with van der Waals surface area (Å²) in [5.41, 5.74) is 3.99. The second-order valence-electron chi connectivity index (χ2n) is 4.54. The average Bonchev–Trinajstić information content (AvgIpc) is 2.36. The summed E-state index contributed by atoms with van der Waals surface area (Å²) in [6, 6.07) is 9.44. The van der Waals surface area contributed by atoms with E-state index >= 15 is 0 Å². The summed E-state index contributed by atoms with van der Waals surface area (Å²) < 4.78 is 1.03. The normalized spacial score (nSPS) is 10.5. The van der Waals surface area contributed by atoms with Crippen molar-refractivity contribution in [3.8, 4) is 5.75 Å². The zero-order chi connectivity index (χ0) is 14.0. The number of rotatable bonds is 3. The highest BCUT2D eigenvalue weighted by Crippen LogP contribution is 2.27. The number of phenols is 1. The third kappa shape index (κ3) is 3.43. The number of hydrogen-bond acceptors (Lipinski definition) is 2. The zero-order valence-electron chi connectivity index (χ0n) is 10.8. The van der Waals surface area contributed by atoms with Gasteiger partial charge >= 0.3 is 0 Å². The molecule has 0 aliphatic carbocycles. The standard InChI is InChI=1S/C15H15BrClNO/c1-9-6-15(19)10(2)5-14(9)18-8-11-7-12(17)3-4-13(11)16/h3-7,18-19H,8H2,1-2H3. The first-order chi connectivity index (χ1) is 8.97. The molecule has 2 N–H and O–H groups in total. The van der Waals surface area contributed by atoms with Gasteiger partial charge in [0.25, 0.3) is 0 Å². The Labute approximate surface area is 126 Å². The van der Waals surface area contributed by atoms with Crippen LogP contribution in [0.2, 0.25) is 5.02 Å². The monoisotopic (exact) mass is 339 g/mol. The summed E-state index contributed by atoms with van der Waals surface area (Å²) in [6.07, 6.45) is 0. The van der Waals surface area contributed by atoms with Crippen molar-refractivity contribution in [2.75, 3.05) is 5.32 Å². The molecule has 2 nitrogen and oxygen atoms in total. The van der Waals surface area contributed by atoms with Crippen LogP contribution in [-0.2, 0) is 6.54 Å². The summed E-state index contributed by atoms with van der Waals surface area (Å²) in [5.74, 6) is 0.326. The van der Waals surface area contributed by atoms with E-state index in [1.807, 2.05) is 38.1 Å². The minimum absolute atomic E-state index is 0.326. The van der Waals surface area contributed by atoms with Gasteiger partial charge in [-0.2, -0.15) is 0 Å². The number of aromatic hydroxyl groups is 1. The Morgan fingerprint density at radius 1 is 1.16 bits per heavy atom. The van der Waals surface area contributed by atoms with Gasteiger partial charge < -0.3 is 10.4 Å². The molecule has 19 heavy (non-hydrogen) atoms. The molecule has 0 bridgehead atoms. The van der Waals surface area contributed by atoms with Gasteiger partial charge in [-0.3, -0.25) is 0 Å². The van der Waals surface area contributed by atoms with Crippen molar-refractivity contribution in [1.29, 1.82) is 0 Å². The summed E-state index contributed by atoms with van der Waals surface area (Å²) in [5, 5.41) is 13.7. The summed E-state index contributed by atoms with van der Waals surface area (Å²) >= 11 is 9.50. The molecular weight excluding hydrogens is 326 g/mol. The molecule has 4 heteroatoms. The first-order valence-corrected chi connectivity index (χ1v) is 7.12. The molecule has 0 saturated carbocycles. The van der Waals surface area contributed by atoms with Crippen LogP contribution in [0.25, 0.3) is 0 Å². The van der Waals surface area contributed by atoms with Gasteiger partial charge in [-0.1, -0.05) is 27.5 Å². The maximum atomic E-state index is 9.64. The Kier molecular flexibility index (Phi) is 4.38. The van der Waals surface area contributed by atoms with Crippen molar-refractivity contribution in [3.05, 3.63) is 56.5 Å². The third-order valence-electron chi connectivity index (χ3n) is 3.02. The lowest BCUT2D eigenvalue weighted by atomic mass is 10.1. The largest absolute Gasteiger partial charge is 0.508 e. The van der Waals surface area contributed by atoms with Crippen LogP contribution in [0.5, 0.6) is 5.75 Å². The maximum Gasteiger partial charge on any atom is 0.118 e. The molecule has 0 spiro atoms. The van der Waals surface area contributed by atoms with E-state index in [1.165, 1.54) is 0 Å². The van der Waals surface area contributed by atoms with Gasteiger partial charge in [-0.05, 0) is 60.9 Å². The highest BCUT2D eigenvalue weighted by molar-refractivity contribution is 9.10. The van der Waals surface area contributed by atoms with E-state index in [1.54, 1.807) is 6.07 Å². The van der Waals surface area contributed by atoms with Crippen LogP contribution in [-0.4, -0.2) is 5.11 Å². The first-order valence-electron chi connectivity index (χ1n) is 5.95. The Morgan fingerprint density at radius 3 is 2.63 bits per heavy atom. The van der Waals surface area contributed by atoms with Gasteiger partial charge in [0.05, 0.1) is 0 Å². The zero-order valence-corrected chi connectivity index (χ0v) is 13.1. The summed E-state index contributed by atoms with van der Waals surface area (Å²) in [4.78, 5) is 0. The van der Waals surface area contributed by atoms with Crippen LogP contribution in [0.15, 0.2) is 34.8 Å². The molecule has 100 valence electrons. The quantitative estimate of drug-likeness (QED) is 0.767. The summed E-state index contributed by atoms with van der Waals surface area (Å²) in [6.45, 7) is 4.52. The van der Waals surface area contributed by atoms with Gasteiger partial charge in [-0.25, -0.2) is 0 Å². The first kappa shape index (κ1) is 14.2. The minimum Gasteiger partial charge on any atom is -0.508 e. The van der Waals surface area contributed by atoms with Crippen LogP contribution >= 0.6 is 27.5 Å². The number of halogens is 2. The highest BCUT2D eigenvalue weighted by atomic mass is 79.9. The predicted molar refractivity (Wildman–Crippen MR) is 84.1 cm³/mol. The van der Waals surface area contributed by atoms with Gasteiger partial charge in [0.1, 0.15) is 5.75 Å². The van der Waals surface area contributed by atoms with Gasteiger partial charge in [0, 0.05) is 21.7 Å². The molecule has 0 unspecified atom stereocenters. The molecule has 0 fully saturated rings.